The average Bonchev–Trinajstić information content (AvgIpc) is 3.76. The number of urea groups is 1. The number of piperidine rings is 3. The number of rotatable bonds is 11. The van der Waals surface area contributed by atoms with Crippen molar-refractivity contribution >= 4 is 64.4 Å². The molecule has 350 valence electrons. The molecule has 7 amide bonds. The Morgan fingerprint density at radius 2 is 1.53 bits per heavy atom. The average molecular weight is 920 g/mol. The normalized spacial score (nSPS) is 22.4. The monoisotopic (exact) mass is 919 g/mol. The zero-order chi connectivity index (χ0) is 46.4. The number of alkyl halides is 3. The van der Waals surface area contributed by atoms with E-state index in [1.807, 2.05) is 29.2 Å². The molecular weight excluding hydrogens is 871 g/mol. The molecule has 4 N–H and O–H groups in total. The van der Waals surface area contributed by atoms with Crippen LogP contribution in [-0.4, -0.2) is 167 Å². The minimum Gasteiger partial charge on any atom is -0.372 e. The highest BCUT2D eigenvalue weighted by atomic mass is 19.4. The van der Waals surface area contributed by atoms with Gasteiger partial charge in [0.25, 0.3) is 17.7 Å². The van der Waals surface area contributed by atoms with Gasteiger partial charge in [-0.1, -0.05) is 0 Å². The summed E-state index contributed by atoms with van der Waals surface area (Å²) in [5, 5.41) is 13.5. The number of piperazine rings is 1. The van der Waals surface area contributed by atoms with Crippen LogP contribution in [0.2, 0.25) is 0 Å². The molecule has 6 aliphatic rings. The van der Waals surface area contributed by atoms with Gasteiger partial charge in [-0.05, 0) is 74.4 Å². The van der Waals surface area contributed by atoms with E-state index < -0.39 is 60.1 Å². The lowest BCUT2D eigenvalue weighted by atomic mass is 9.95. The van der Waals surface area contributed by atoms with Crippen LogP contribution in [0, 0.1) is 11.7 Å². The molecule has 23 heteroatoms. The molecule has 7 heterocycles. The van der Waals surface area contributed by atoms with Crippen LogP contribution in [0.3, 0.4) is 0 Å². The molecule has 0 aliphatic carbocycles. The standard InChI is InChI=1S/C43H49F4N13O6/c44-31-20-29-30(40(65)60(39(29)64)32-7-8-34(61)50-38(32)63)21-33(31)56-16-14-54(15-17-56)22-25-9-12-55(13-10-25)27-5-3-26(4-6-27)49-37-35(36(48)62)52-53-41(51-37)57-11-1-2-28(23-57)59-19-18-58(42(59)66)24-43(45,46)47/h3-6,20-21,25,28,32H,1-2,7-19,22-24H2,(H2,48,62)(H,49,51,53)(H,50,61,63)/t28-,32?/m1/s1. The van der Waals surface area contributed by atoms with Crippen molar-refractivity contribution in [2.75, 3.05) is 98.6 Å². The summed E-state index contributed by atoms with van der Waals surface area (Å²) in [7, 11) is 0. The second-order valence-corrected chi connectivity index (χ2v) is 17.6. The molecule has 1 unspecified atom stereocenters. The van der Waals surface area contributed by atoms with E-state index in [2.05, 4.69) is 35.6 Å². The summed E-state index contributed by atoms with van der Waals surface area (Å²) in [5.41, 5.74) is 7.30. The summed E-state index contributed by atoms with van der Waals surface area (Å²) in [5.74, 6) is -3.32. The van der Waals surface area contributed by atoms with Crippen LogP contribution in [-0.2, 0) is 9.59 Å². The van der Waals surface area contributed by atoms with Gasteiger partial charge in [0.1, 0.15) is 18.4 Å². The number of benzene rings is 2. The number of nitrogens with two attached hydrogens (primary N) is 1. The molecule has 1 aromatic heterocycles. The van der Waals surface area contributed by atoms with Crippen molar-refractivity contribution in [2.45, 2.75) is 56.8 Å². The Morgan fingerprint density at radius 1 is 0.818 bits per heavy atom. The van der Waals surface area contributed by atoms with Gasteiger partial charge in [0.2, 0.25) is 17.8 Å². The number of halogens is 4. The summed E-state index contributed by atoms with van der Waals surface area (Å²) < 4.78 is 54.5. The Balaban J connectivity index is 0.757. The van der Waals surface area contributed by atoms with E-state index in [0.29, 0.717) is 57.2 Å². The van der Waals surface area contributed by atoms with Crippen molar-refractivity contribution in [3.05, 3.63) is 59.0 Å². The van der Waals surface area contributed by atoms with E-state index in [-0.39, 0.29) is 72.8 Å². The van der Waals surface area contributed by atoms with Gasteiger partial charge in [0.15, 0.2) is 11.5 Å². The number of imide groups is 2. The number of carbonyl (C=O) groups is 6. The first kappa shape index (κ1) is 44.5. The SMILES string of the molecule is NC(=O)c1nnc(N2CCC[C@@H](N3CCN(CC(F)(F)F)C3=O)C2)nc1Nc1ccc(N2CCC(CN3CCN(c4cc5c(cc4F)C(=O)N(C4CCC(=O)NC4=O)C5=O)CC3)CC2)cc1. The molecule has 5 fully saturated rings. The van der Waals surface area contributed by atoms with E-state index in [1.165, 1.54) is 11.0 Å². The minimum absolute atomic E-state index is 0.00419. The van der Waals surface area contributed by atoms with Crippen LogP contribution in [0.4, 0.5) is 51.2 Å². The van der Waals surface area contributed by atoms with Crippen molar-refractivity contribution in [1.29, 1.82) is 0 Å². The van der Waals surface area contributed by atoms with Gasteiger partial charge in [-0.3, -0.25) is 39.1 Å². The maximum absolute atomic E-state index is 15.5. The number of nitrogens with zero attached hydrogens (tertiary/aromatic N) is 10. The number of primary amides is 1. The van der Waals surface area contributed by atoms with Gasteiger partial charge in [-0.2, -0.15) is 18.2 Å². The van der Waals surface area contributed by atoms with Crippen molar-refractivity contribution in [3.63, 3.8) is 0 Å². The van der Waals surface area contributed by atoms with Gasteiger partial charge in [0, 0.05) is 89.8 Å². The quantitative estimate of drug-likeness (QED) is 0.186. The predicted octanol–water partition coefficient (Wildman–Crippen LogP) is 2.56. The van der Waals surface area contributed by atoms with Crippen molar-refractivity contribution in [3.8, 4) is 0 Å². The molecular formula is C43H49F4N13O6. The number of aromatic nitrogens is 3. The highest BCUT2D eigenvalue weighted by Crippen LogP contribution is 2.34. The van der Waals surface area contributed by atoms with Crippen molar-refractivity contribution < 1.29 is 46.3 Å². The second-order valence-electron chi connectivity index (χ2n) is 17.6. The van der Waals surface area contributed by atoms with Gasteiger partial charge in [-0.25, -0.2) is 9.18 Å². The molecule has 0 saturated carbocycles. The van der Waals surface area contributed by atoms with Crippen LogP contribution in [0.1, 0.15) is 69.7 Å². The molecule has 3 aromatic rings. The summed E-state index contributed by atoms with van der Waals surface area (Å²) in [4.78, 5) is 91.8. The van der Waals surface area contributed by atoms with Gasteiger partial charge >= 0.3 is 12.2 Å². The van der Waals surface area contributed by atoms with Crippen LogP contribution in [0.15, 0.2) is 36.4 Å². The Bertz CT molecular complexity index is 2430. The zero-order valence-corrected chi connectivity index (χ0v) is 35.9. The van der Waals surface area contributed by atoms with E-state index in [9.17, 15) is 41.9 Å². The first-order chi connectivity index (χ1) is 31.6. The number of nitrogens with one attached hydrogen (secondary N) is 2. The Morgan fingerprint density at radius 3 is 2.21 bits per heavy atom. The number of hydrogen-bond donors (Lipinski definition) is 3. The van der Waals surface area contributed by atoms with Gasteiger partial charge in [0.05, 0.1) is 22.9 Å². The fourth-order valence-electron chi connectivity index (χ4n) is 9.92. The second kappa shape index (κ2) is 18.0. The van der Waals surface area contributed by atoms with Gasteiger partial charge in [-0.15, -0.1) is 10.2 Å². The minimum atomic E-state index is -4.49. The Labute approximate surface area is 376 Å². The van der Waals surface area contributed by atoms with Crippen LogP contribution >= 0.6 is 0 Å². The third-order valence-electron chi connectivity index (χ3n) is 13.4. The van der Waals surface area contributed by atoms with Crippen molar-refractivity contribution in [2.24, 2.45) is 11.7 Å². The van der Waals surface area contributed by atoms with E-state index >= 15 is 4.39 Å². The van der Waals surface area contributed by atoms with E-state index in [4.69, 9.17) is 5.73 Å². The molecule has 2 atom stereocenters. The van der Waals surface area contributed by atoms with E-state index in [1.54, 1.807) is 4.90 Å². The van der Waals surface area contributed by atoms with Crippen molar-refractivity contribution in [1.82, 2.24) is 40.1 Å². The Hall–Kier alpha value is -6.65. The summed E-state index contributed by atoms with van der Waals surface area (Å²) >= 11 is 0. The number of anilines is 5. The molecule has 0 spiro atoms. The fraction of sp³-hybridized carbons (Fsp3) is 0.512. The molecule has 66 heavy (non-hydrogen) atoms. The Kier molecular flexibility index (Phi) is 12.1. The molecule has 0 bridgehead atoms. The first-order valence-electron chi connectivity index (χ1n) is 22.2. The van der Waals surface area contributed by atoms with Gasteiger partial charge < -0.3 is 35.6 Å². The highest BCUT2D eigenvalue weighted by Gasteiger charge is 2.46. The smallest absolute Gasteiger partial charge is 0.372 e. The molecule has 6 aliphatic heterocycles. The number of amides is 7. The molecule has 2 aromatic carbocycles. The summed E-state index contributed by atoms with van der Waals surface area (Å²) in [6.07, 6.45) is -1.29. The first-order valence-corrected chi connectivity index (χ1v) is 22.2. The number of hydrogen-bond acceptors (Lipinski definition) is 14. The largest absolute Gasteiger partial charge is 0.406 e. The van der Waals surface area contributed by atoms with Crippen LogP contribution in [0.5, 0.6) is 0 Å². The third kappa shape index (κ3) is 9.11. The lowest BCUT2D eigenvalue weighted by Gasteiger charge is -2.40. The summed E-state index contributed by atoms with van der Waals surface area (Å²) in [6.45, 7) is 4.68. The highest BCUT2D eigenvalue weighted by molar-refractivity contribution is 6.23. The molecule has 0 radical (unpaired) electrons. The van der Waals surface area contributed by atoms with Crippen LogP contribution < -0.4 is 31.1 Å². The maximum atomic E-state index is 15.5. The lowest BCUT2D eigenvalue weighted by Crippen LogP contribution is -2.54. The topological polar surface area (TPSA) is 214 Å². The predicted molar refractivity (Wildman–Crippen MR) is 230 cm³/mol. The molecule has 19 nitrogen and oxygen atoms in total. The summed E-state index contributed by atoms with van der Waals surface area (Å²) in [6, 6.07) is 8.03. The molecule has 5 saturated heterocycles. The maximum Gasteiger partial charge on any atom is 0.406 e. The fourth-order valence-corrected chi connectivity index (χ4v) is 9.92. The van der Waals surface area contributed by atoms with E-state index in [0.717, 1.165) is 54.0 Å². The third-order valence-corrected chi connectivity index (χ3v) is 13.4. The lowest BCUT2D eigenvalue weighted by molar-refractivity contribution is -0.139. The number of carbonyl (C=O) groups excluding carboxylic acids is 6. The van der Waals surface area contributed by atoms with Crippen LogP contribution in [0.25, 0.3) is 0 Å². The zero-order valence-electron chi connectivity index (χ0n) is 35.9. The molecule has 9 rings (SSSR count). The number of fused-ring (bicyclic) bond motifs is 1.